The number of H-pyrrole nitrogens is 1. The van der Waals surface area contributed by atoms with Crippen LogP contribution in [-0.2, 0) is 25.6 Å². The second kappa shape index (κ2) is 14.0. The molecule has 11 nitrogen and oxygen atoms in total. The van der Waals surface area contributed by atoms with Gasteiger partial charge < -0.3 is 31.4 Å². The van der Waals surface area contributed by atoms with Crippen molar-refractivity contribution in [1.29, 1.82) is 0 Å². The van der Waals surface area contributed by atoms with Gasteiger partial charge in [0.2, 0.25) is 17.7 Å². The molecule has 0 saturated carbocycles. The molecule has 12 heteroatoms. The van der Waals surface area contributed by atoms with Crippen molar-refractivity contribution in [3.63, 3.8) is 0 Å². The summed E-state index contributed by atoms with van der Waals surface area (Å²) < 4.78 is 0. The summed E-state index contributed by atoms with van der Waals surface area (Å²) in [5.74, 6) is -1.74. The number of hydrogen-bond donors (Lipinski definition) is 6. The van der Waals surface area contributed by atoms with E-state index in [-0.39, 0.29) is 24.3 Å². The van der Waals surface area contributed by atoms with Gasteiger partial charge in [0.1, 0.15) is 18.1 Å². The van der Waals surface area contributed by atoms with E-state index in [2.05, 4.69) is 31.2 Å². The molecule has 0 aromatic carbocycles. The van der Waals surface area contributed by atoms with E-state index < -0.39 is 35.9 Å². The van der Waals surface area contributed by atoms with Gasteiger partial charge >= 0.3 is 5.97 Å². The number of carboxylic acid groups (broad SMARTS) is 1. The van der Waals surface area contributed by atoms with Crippen molar-refractivity contribution >= 4 is 35.5 Å². The molecule has 2 heterocycles. The summed E-state index contributed by atoms with van der Waals surface area (Å²) in [6, 6.07) is -3.22. The summed E-state index contributed by atoms with van der Waals surface area (Å²) in [6.45, 7) is 4.58. The largest absolute Gasteiger partial charge is 0.480 e. The summed E-state index contributed by atoms with van der Waals surface area (Å²) in [6.07, 6.45) is 7.23. The first-order valence-corrected chi connectivity index (χ1v) is 12.9. The van der Waals surface area contributed by atoms with E-state index in [0.717, 1.165) is 13.0 Å². The Labute approximate surface area is 204 Å². The number of aromatic amines is 1. The number of amides is 3. The van der Waals surface area contributed by atoms with Crippen molar-refractivity contribution in [2.45, 2.75) is 70.1 Å². The van der Waals surface area contributed by atoms with Crippen molar-refractivity contribution in [3.8, 4) is 0 Å². The molecule has 6 N–H and O–H groups in total. The Bertz CT molecular complexity index is 813. The Balaban J connectivity index is 2.07. The number of nitrogens with one attached hydrogen (secondary N) is 5. The molecule has 3 amide bonds. The first-order valence-electron chi connectivity index (χ1n) is 11.5. The first kappa shape index (κ1) is 27.6. The first-order chi connectivity index (χ1) is 16.2. The minimum Gasteiger partial charge on any atom is -0.480 e. The molecule has 1 aromatic rings. The highest BCUT2D eigenvalue weighted by atomic mass is 32.2. The van der Waals surface area contributed by atoms with Gasteiger partial charge in [0.25, 0.3) is 0 Å². The predicted molar refractivity (Wildman–Crippen MR) is 129 cm³/mol. The Morgan fingerprint density at radius 2 is 1.85 bits per heavy atom. The van der Waals surface area contributed by atoms with Gasteiger partial charge in [-0.25, -0.2) is 9.78 Å². The maximum atomic E-state index is 13.1. The van der Waals surface area contributed by atoms with Crippen molar-refractivity contribution in [1.82, 2.24) is 31.2 Å². The van der Waals surface area contributed by atoms with E-state index in [1.165, 1.54) is 12.5 Å². The van der Waals surface area contributed by atoms with E-state index in [0.29, 0.717) is 30.7 Å². The molecule has 4 unspecified atom stereocenters. The third-order valence-electron chi connectivity index (χ3n) is 5.55. The highest BCUT2D eigenvalue weighted by Gasteiger charge is 2.31. The lowest BCUT2D eigenvalue weighted by Crippen LogP contribution is -2.57. The summed E-state index contributed by atoms with van der Waals surface area (Å²) in [7, 11) is 0. The van der Waals surface area contributed by atoms with Gasteiger partial charge in [0.15, 0.2) is 0 Å². The van der Waals surface area contributed by atoms with E-state index in [4.69, 9.17) is 0 Å². The van der Waals surface area contributed by atoms with Crippen LogP contribution in [-0.4, -0.2) is 81.5 Å². The van der Waals surface area contributed by atoms with E-state index in [1.807, 2.05) is 20.1 Å². The molecule has 0 radical (unpaired) electrons. The van der Waals surface area contributed by atoms with Gasteiger partial charge in [-0.1, -0.05) is 13.8 Å². The van der Waals surface area contributed by atoms with Crippen LogP contribution in [0.5, 0.6) is 0 Å². The molecule has 1 aliphatic rings. The number of aliphatic carboxylic acids is 1. The molecule has 1 aliphatic heterocycles. The molecule has 0 spiro atoms. The van der Waals surface area contributed by atoms with Crippen LogP contribution in [0.1, 0.15) is 45.2 Å². The van der Waals surface area contributed by atoms with Crippen LogP contribution in [0, 0.1) is 5.92 Å². The number of imidazole rings is 1. The molecule has 2 rings (SSSR count). The maximum absolute atomic E-state index is 13.1. The zero-order chi connectivity index (χ0) is 25.1. The maximum Gasteiger partial charge on any atom is 0.326 e. The minimum absolute atomic E-state index is 0.0320. The lowest BCUT2D eigenvalue weighted by Gasteiger charge is -2.26. The summed E-state index contributed by atoms with van der Waals surface area (Å²) in [5.41, 5.74) is 0.567. The van der Waals surface area contributed by atoms with Crippen LogP contribution in [0.4, 0.5) is 0 Å². The van der Waals surface area contributed by atoms with E-state index in [1.54, 1.807) is 11.8 Å². The number of thioether (sulfide) groups is 1. The SMILES string of the molecule is CSCCC(NC(=O)C1CCCN1)C(=O)NC(CC(C)C)C(=O)NC(Cc1cnc[nH]1)C(=O)O. The number of carbonyl (C=O) groups is 4. The topological polar surface area (TPSA) is 165 Å². The van der Waals surface area contributed by atoms with Crippen LogP contribution >= 0.6 is 11.8 Å². The average molecular weight is 497 g/mol. The molecular weight excluding hydrogens is 460 g/mol. The van der Waals surface area contributed by atoms with E-state index in [9.17, 15) is 24.3 Å². The Morgan fingerprint density at radius 1 is 1.15 bits per heavy atom. The highest BCUT2D eigenvalue weighted by Crippen LogP contribution is 2.10. The monoisotopic (exact) mass is 496 g/mol. The predicted octanol–water partition coefficient (Wildman–Crippen LogP) is 0.0424. The Kier molecular flexibility index (Phi) is 11.3. The lowest BCUT2D eigenvalue weighted by atomic mass is 10.0. The number of hydrogen-bond acceptors (Lipinski definition) is 7. The quantitative estimate of drug-likeness (QED) is 0.210. The van der Waals surface area contributed by atoms with Gasteiger partial charge in [-0.05, 0) is 50.2 Å². The van der Waals surface area contributed by atoms with Crippen LogP contribution in [0.25, 0.3) is 0 Å². The third-order valence-corrected chi connectivity index (χ3v) is 6.20. The van der Waals surface area contributed by atoms with Crippen molar-refractivity contribution < 1.29 is 24.3 Å². The molecule has 0 bridgehead atoms. The van der Waals surface area contributed by atoms with Gasteiger partial charge in [-0.15, -0.1) is 0 Å². The number of aromatic nitrogens is 2. The van der Waals surface area contributed by atoms with E-state index >= 15 is 0 Å². The fourth-order valence-electron chi connectivity index (χ4n) is 3.75. The molecule has 1 aromatic heterocycles. The Morgan fingerprint density at radius 3 is 2.41 bits per heavy atom. The smallest absolute Gasteiger partial charge is 0.326 e. The minimum atomic E-state index is -1.19. The lowest BCUT2D eigenvalue weighted by molar-refractivity contribution is -0.142. The number of carbonyl (C=O) groups excluding carboxylic acids is 3. The summed E-state index contributed by atoms with van der Waals surface area (Å²) in [4.78, 5) is 57.1. The highest BCUT2D eigenvalue weighted by molar-refractivity contribution is 7.98. The molecule has 34 heavy (non-hydrogen) atoms. The summed E-state index contributed by atoms with van der Waals surface area (Å²) >= 11 is 1.56. The van der Waals surface area contributed by atoms with Crippen LogP contribution in [0.15, 0.2) is 12.5 Å². The Hall–Kier alpha value is -2.60. The van der Waals surface area contributed by atoms with Gasteiger partial charge in [-0.2, -0.15) is 11.8 Å². The fraction of sp³-hybridized carbons (Fsp3) is 0.682. The standard InChI is InChI=1S/C22H36N6O5S/c1-13(2)9-17(21(31)28-18(22(32)33)10-14-11-23-12-25-14)27-20(30)16(6-8-34-3)26-19(29)15-5-4-7-24-15/h11-13,15-18,24H,4-10H2,1-3H3,(H,23,25)(H,26,29)(H,27,30)(H,28,31)(H,32,33). The normalized spacial score (nSPS) is 18.2. The average Bonchev–Trinajstić information content (AvgIpc) is 3.49. The van der Waals surface area contributed by atoms with Crippen LogP contribution < -0.4 is 21.3 Å². The second-order valence-corrected chi connectivity index (χ2v) is 9.85. The number of carboxylic acids is 1. The van der Waals surface area contributed by atoms with Gasteiger partial charge in [0.05, 0.1) is 12.4 Å². The fourth-order valence-corrected chi connectivity index (χ4v) is 4.22. The zero-order valence-corrected chi connectivity index (χ0v) is 20.7. The molecule has 4 atom stereocenters. The van der Waals surface area contributed by atoms with Crippen molar-refractivity contribution in [2.24, 2.45) is 5.92 Å². The van der Waals surface area contributed by atoms with Gasteiger partial charge in [-0.3, -0.25) is 14.4 Å². The zero-order valence-electron chi connectivity index (χ0n) is 19.9. The third kappa shape index (κ3) is 8.98. The summed E-state index contributed by atoms with van der Waals surface area (Å²) in [5, 5.41) is 20.8. The van der Waals surface area contributed by atoms with Gasteiger partial charge in [0, 0.05) is 18.3 Å². The molecule has 1 saturated heterocycles. The second-order valence-electron chi connectivity index (χ2n) is 8.86. The van der Waals surface area contributed by atoms with Crippen molar-refractivity contribution in [2.75, 3.05) is 18.6 Å². The molecule has 1 fully saturated rings. The molecule has 0 aliphatic carbocycles. The molecule has 190 valence electrons. The molecular formula is C22H36N6O5S. The number of nitrogens with zero attached hydrogens (tertiary/aromatic N) is 1. The number of rotatable bonds is 14. The van der Waals surface area contributed by atoms with Crippen LogP contribution in [0.3, 0.4) is 0 Å². The van der Waals surface area contributed by atoms with Crippen LogP contribution in [0.2, 0.25) is 0 Å². The van der Waals surface area contributed by atoms with Crippen molar-refractivity contribution in [3.05, 3.63) is 18.2 Å².